The fourth-order valence-corrected chi connectivity index (χ4v) is 10.9. The molecule has 0 rings (SSSR count). The van der Waals surface area contributed by atoms with Crippen molar-refractivity contribution in [3.8, 4) is 0 Å². The molecule has 0 aliphatic heterocycles. The number of rotatable bonds is 30. The lowest BCUT2D eigenvalue weighted by Crippen LogP contribution is -2.13. The molecule has 0 nitrogen and oxygen atoms in total. The molecular weight excluding hydrogens is 526 g/mol. The van der Waals surface area contributed by atoms with Crippen molar-refractivity contribution >= 4 is 14.5 Å². The largest absolute Gasteiger partial charge is 0.673 e. The first-order valence-electron chi connectivity index (χ1n) is 18.0. The number of unbranched alkanes of at least 4 members (excludes halogenated alkanes) is 22. The highest BCUT2D eigenvalue weighted by atomic mass is 31.2. The van der Waals surface area contributed by atoms with Crippen molar-refractivity contribution in [2.75, 3.05) is 24.6 Å². The van der Waals surface area contributed by atoms with Gasteiger partial charge in [-0.1, -0.05) is 143 Å². The molecule has 0 spiro atoms. The maximum atomic E-state index is 9.75. The molecule has 0 saturated carbocycles. The van der Waals surface area contributed by atoms with Crippen LogP contribution in [0.1, 0.15) is 195 Å². The summed E-state index contributed by atoms with van der Waals surface area (Å²) in [5, 5.41) is 0. The summed E-state index contributed by atoms with van der Waals surface area (Å²) in [5.74, 6) is 0. The monoisotopic (exact) mass is 599 g/mol. The van der Waals surface area contributed by atoms with E-state index in [1.54, 1.807) is 50.3 Å². The van der Waals surface area contributed by atoms with Gasteiger partial charge < -0.3 is 17.3 Å². The van der Waals surface area contributed by atoms with E-state index in [4.69, 9.17) is 0 Å². The van der Waals surface area contributed by atoms with E-state index in [0.29, 0.717) is 0 Å². The summed E-state index contributed by atoms with van der Waals surface area (Å²) in [7, 11) is -6.70. The van der Waals surface area contributed by atoms with E-state index in [0.717, 1.165) is 0 Å². The smallest absolute Gasteiger partial charge is 0.418 e. The van der Waals surface area contributed by atoms with Crippen LogP contribution in [0.5, 0.6) is 0 Å². The lowest BCUT2D eigenvalue weighted by atomic mass is 10.0. The average Bonchev–Trinajstić information content (AvgIpc) is 2.91. The van der Waals surface area contributed by atoms with Crippen LogP contribution in [0.4, 0.5) is 17.3 Å². The van der Waals surface area contributed by atoms with Gasteiger partial charge in [0.1, 0.15) is 0 Å². The van der Waals surface area contributed by atoms with Crippen LogP contribution in [0.15, 0.2) is 0 Å². The number of hydrogen-bond donors (Lipinski definition) is 0. The van der Waals surface area contributed by atoms with Crippen LogP contribution in [-0.2, 0) is 0 Å². The summed E-state index contributed by atoms with van der Waals surface area (Å²) in [6.45, 7) is 9.42. The van der Waals surface area contributed by atoms with Crippen LogP contribution in [0.25, 0.3) is 0 Å². The highest BCUT2D eigenvalue weighted by Crippen LogP contribution is 2.61. The predicted octanol–water partition coefficient (Wildman–Crippen LogP) is 14.5. The Bertz CT molecular complexity index is 436. The molecule has 0 aromatic heterocycles. The summed E-state index contributed by atoms with van der Waals surface area (Å²) >= 11 is 0. The fourth-order valence-electron chi connectivity index (χ4n) is 5.93. The third-order valence-corrected chi connectivity index (χ3v) is 13.5. The van der Waals surface area contributed by atoms with Crippen molar-refractivity contribution in [3.05, 3.63) is 0 Å². The van der Waals surface area contributed by atoms with Crippen LogP contribution >= 0.6 is 7.26 Å². The molecule has 0 fully saturated rings. The number of halogens is 4. The summed E-state index contributed by atoms with van der Waals surface area (Å²) < 4.78 is 39.0. The lowest BCUT2D eigenvalue weighted by Gasteiger charge is -2.28. The molecule has 0 atom stereocenters. The molecule has 244 valence electrons. The van der Waals surface area contributed by atoms with Crippen molar-refractivity contribution in [2.45, 2.75) is 195 Å². The van der Waals surface area contributed by atoms with E-state index < -0.39 is 14.5 Å². The van der Waals surface area contributed by atoms with Gasteiger partial charge in [0.25, 0.3) is 0 Å². The minimum Gasteiger partial charge on any atom is -0.418 e. The van der Waals surface area contributed by atoms with Crippen LogP contribution in [0.2, 0.25) is 0 Å². The maximum Gasteiger partial charge on any atom is 0.673 e. The second kappa shape index (κ2) is 32.1. The third kappa shape index (κ3) is 36.2. The summed E-state index contributed by atoms with van der Waals surface area (Å²) in [6, 6.07) is 0. The zero-order valence-electron chi connectivity index (χ0n) is 27.7. The molecule has 0 aromatic carbocycles. The Morgan fingerprint density at radius 1 is 0.300 bits per heavy atom. The van der Waals surface area contributed by atoms with Gasteiger partial charge in [-0.3, -0.25) is 0 Å². The molecule has 6 heteroatoms. The van der Waals surface area contributed by atoms with Crippen LogP contribution in [0.3, 0.4) is 0 Å². The normalized spacial score (nSPS) is 12.0. The Morgan fingerprint density at radius 2 is 0.450 bits per heavy atom. The van der Waals surface area contributed by atoms with Crippen molar-refractivity contribution in [1.82, 2.24) is 0 Å². The van der Waals surface area contributed by atoms with Crippen molar-refractivity contribution in [1.29, 1.82) is 0 Å². The molecule has 0 aliphatic carbocycles. The van der Waals surface area contributed by atoms with Crippen molar-refractivity contribution in [3.63, 3.8) is 0 Å². The highest BCUT2D eigenvalue weighted by Gasteiger charge is 2.34. The molecule has 0 aliphatic rings. The molecule has 0 amide bonds. The van der Waals surface area contributed by atoms with E-state index >= 15 is 0 Å². The molecular formula is C34H72BF4P. The molecule has 0 N–H and O–H groups in total. The maximum absolute atomic E-state index is 9.75. The first kappa shape index (κ1) is 42.3. The average molecular weight is 599 g/mol. The van der Waals surface area contributed by atoms with Gasteiger partial charge in [-0.2, -0.15) is 0 Å². The number of hydrogen-bond acceptors (Lipinski definition) is 0. The van der Waals surface area contributed by atoms with E-state index in [9.17, 15) is 17.3 Å². The molecule has 40 heavy (non-hydrogen) atoms. The summed E-state index contributed by atoms with van der Waals surface area (Å²) in [6.07, 6.45) is 45.1. The standard InChI is InChI=1S/C34H72P.BF4/c1-5-9-13-17-18-19-20-21-22-23-24-25-26-30-34-35(31-27-14-10-6-2,32-28-15-11-7-3)33-29-16-12-8-4;2-1(3,4)5/h5-34H2,1-4H3;/q+1;-1. The van der Waals surface area contributed by atoms with Gasteiger partial charge in [-0.15, -0.1) is 0 Å². The van der Waals surface area contributed by atoms with Gasteiger partial charge in [-0.05, 0) is 51.4 Å². The van der Waals surface area contributed by atoms with E-state index in [1.807, 2.05) is 0 Å². The van der Waals surface area contributed by atoms with Gasteiger partial charge >= 0.3 is 7.25 Å². The Balaban J connectivity index is 0. The van der Waals surface area contributed by atoms with Crippen LogP contribution < -0.4 is 0 Å². The molecule has 0 saturated heterocycles. The van der Waals surface area contributed by atoms with Crippen molar-refractivity contribution in [2.24, 2.45) is 0 Å². The first-order valence-corrected chi connectivity index (χ1v) is 20.5. The minimum atomic E-state index is -6.00. The minimum absolute atomic E-state index is 0.701. The first-order chi connectivity index (χ1) is 19.2. The topological polar surface area (TPSA) is 0 Å². The molecule has 0 aromatic rings. The highest BCUT2D eigenvalue weighted by molar-refractivity contribution is 7.75. The van der Waals surface area contributed by atoms with Crippen LogP contribution in [-0.4, -0.2) is 31.9 Å². The Morgan fingerprint density at radius 3 is 0.650 bits per heavy atom. The SMILES string of the molecule is CCCCCCCCCCCCCCCC[P+](CCCCCC)(CCCCCC)CCCCCC.F[B-](F)(F)F. The van der Waals surface area contributed by atoms with E-state index in [1.165, 1.54) is 141 Å². The fraction of sp³-hybridized carbons (Fsp3) is 1.00. The van der Waals surface area contributed by atoms with Gasteiger partial charge in [-0.25, -0.2) is 0 Å². The van der Waals surface area contributed by atoms with Gasteiger partial charge in [0.2, 0.25) is 0 Å². The Labute approximate surface area is 250 Å². The van der Waals surface area contributed by atoms with E-state index in [2.05, 4.69) is 27.7 Å². The second-order valence-electron chi connectivity index (χ2n) is 12.5. The molecule has 0 bridgehead atoms. The Hall–Kier alpha value is 0.215. The molecule has 0 heterocycles. The quantitative estimate of drug-likeness (QED) is 0.0334. The van der Waals surface area contributed by atoms with Gasteiger partial charge in [0.15, 0.2) is 0 Å². The summed E-state index contributed by atoms with van der Waals surface area (Å²) in [5.41, 5.74) is 0. The van der Waals surface area contributed by atoms with Crippen LogP contribution in [0, 0.1) is 0 Å². The summed E-state index contributed by atoms with van der Waals surface area (Å²) in [4.78, 5) is 0. The lowest BCUT2D eigenvalue weighted by molar-refractivity contribution is 0.368. The predicted molar refractivity (Wildman–Crippen MR) is 179 cm³/mol. The second-order valence-corrected chi connectivity index (χ2v) is 17.0. The van der Waals surface area contributed by atoms with Crippen molar-refractivity contribution < 1.29 is 17.3 Å². The Kier molecular flexibility index (Phi) is 34.0. The zero-order chi connectivity index (χ0) is 30.2. The van der Waals surface area contributed by atoms with Gasteiger partial charge in [0.05, 0.1) is 24.6 Å². The third-order valence-electron chi connectivity index (χ3n) is 8.44. The molecule has 0 radical (unpaired) electrons. The molecule has 0 unspecified atom stereocenters. The van der Waals surface area contributed by atoms with E-state index in [-0.39, 0.29) is 0 Å². The van der Waals surface area contributed by atoms with Gasteiger partial charge in [0, 0.05) is 7.26 Å². The zero-order valence-corrected chi connectivity index (χ0v) is 28.6.